The van der Waals surface area contributed by atoms with Crippen molar-refractivity contribution in [2.45, 2.75) is 96.9 Å². The molecule has 0 aromatic carbocycles. The molecule has 5 unspecified atom stereocenters. The molecule has 0 aromatic heterocycles. The second kappa shape index (κ2) is 7.49. The zero-order valence-electron chi connectivity index (χ0n) is 18.3. The third kappa shape index (κ3) is 3.27. The van der Waals surface area contributed by atoms with Gasteiger partial charge in [-0.1, -0.05) is 20.8 Å². The molecule has 11 atom stereocenters. The lowest BCUT2D eigenvalue weighted by molar-refractivity contribution is -0.207. The molecule has 29 heavy (non-hydrogen) atoms. The van der Waals surface area contributed by atoms with E-state index in [1.165, 1.54) is 0 Å². The molecular formula is C24H40O5. The van der Waals surface area contributed by atoms with Crippen molar-refractivity contribution >= 4 is 5.97 Å². The molecule has 0 aromatic rings. The van der Waals surface area contributed by atoms with Gasteiger partial charge < -0.3 is 20.4 Å². The van der Waals surface area contributed by atoms with Crippen LogP contribution < -0.4 is 0 Å². The van der Waals surface area contributed by atoms with Gasteiger partial charge in [-0.15, -0.1) is 0 Å². The van der Waals surface area contributed by atoms with Gasteiger partial charge in [-0.2, -0.15) is 0 Å². The first-order valence-corrected chi connectivity index (χ1v) is 11.8. The molecule has 0 heterocycles. The van der Waals surface area contributed by atoms with Gasteiger partial charge in [0, 0.05) is 6.42 Å². The average Bonchev–Trinajstić information content (AvgIpc) is 3.01. The molecule has 0 saturated heterocycles. The van der Waals surface area contributed by atoms with E-state index in [1.807, 2.05) is 0 Å². The molecule has 0 radical (unpaired) electrons. The lowest BCUT2D eigenvalue weighted by Crippen LogP contribution is -2.62. The number of hydrogen-bond donors (Lipinski definition) is 4. The highest BCUT2D eigenvalue weighted by Gasteiger charge is 2.65. The van der Waals surface area contributed by atoms with E-state index in [0.29, 0.717) is 30.1 Å². The van der Waals surface area contributed by atoms with E-state index in [9.17, 15) is 20.1 Å². The quantitative estimate of drug-likeness (QED) is 0.571. The lowest BCUT2D eigenvalue weighted by atomic mass is 9.43. The standard InChI is InChI=1S/C24H40O5/c1-13(4-7-21(28)29)16-5-6-17-22-18(12-20(27)24(16,17)3)23(2)9-8-15(25)10-14(23)11-19(22)26/h13-20,22,25-27H,4-12H2,1-3H3,(H,28,29)/t13-,14+,15?,16?,17+,18?,19+,20-,22-,23?,24?/m1/s1. The number of carbonyl (C=O) groups is 1. The predicted octanol–water partition coefficient (Wildman–Crippen LogP) is 3.45. The van der Waals surface area contributed by atoms with Gasteiger partial charge >= 0.3 is 5.97 Å². The van der Waals surface area contributed by atoms with Crippen LogP contribution in [-0.2, 0) is 4.79 Å². The van der Waals surface area contributed by atoms with Crippen LogP contribution in [0, 0.1) is 46.3 Å². The van der Waals surface area contributed by atoms with Crippen LogP contribution in [0.2, 0.25) is 0 Å². The first-order valence-electron chi connectivity index (χ1n) is 11.8. The largest absolute Gasteiger partial charge is 0.481 e. The van der Waals surface area contributed by atoms with E-state index in [-0.39, 0.29) is 41.3 Å². The first kappa shape index (κ1) is 21.6. The number of aliphatic carboxylic acids is 1. The molecule has 4 saturated carbocycles. The Bertz CT molecular complexity index is 637. The third-order valence-electron chi connectivity index (χ3n) is 10.3. The Morgan fingerprint density at radius 1 is 1.03 bits per heavy atom. The van der Waals surface area contributed by atoms with E-state index in [0.717, 1.165) is 44.9 Å². The molecule has 166 valence electrons. The van der Waals surface area contributed by atoms with E-state index in [4.69, 9.17) is 5.11 Å². The second-order valence-electron chi connectivity index (χ2n) is 11.4. The lowest BCUT2D eigenvalue weighted by Gasteiger charge is -2.63. The van der Waals surface area contributed by atoms with Gasteiger partial charge in [-0.3, -0.25) is 4.79 Å². The zero-order chi connectivity index (χ0) is 21.1. The van der Waals surface area contributed by atoms with E-state index in [1.54, 1.807) is 0 Å². The monoisotopic (exact) mass is 408 g/mol. The molecule has 4 rings (SSSR count). The summed E-state index contributed by atoms with van der Waals surface area (Å²) in [5, 5.41) is 42.0. The Labute approximate surface area is 174 Å². The average molecular weight is 409 g/mol. The highest BCUT2D eigenvalue weighted by molar-refractivity contribution is 5.66. The van der Waals surface area contributed by atoms with Crippen molar-refractivity contribution in [1.82, 2.24) is 0 Å². The van der Waals surface area contributed by atoms with Crippen molar-refractivity contribution in [2.75, 3.05) is 0 Å². The first-order chi connectivity index (χ1) is 13.6. The van der Waals surface area contributed by atoms with Gasteiger partial charge in [0.05, 0.1) is 18.3 Å². The van der Waals surface area contributed by atoms with Gasteiger partial charge in [0.25, 0.3) is 0 Å². The minimum atomic E-state index is -0.748. The fourth-order valence-electron chi connectivity index (χ4n) is 8.68. The number of aliphatic hydroxyl groups is 3. The minimum Gasteiger partial charge on any atom is -0.481 e. The second-order valence-corrected chi connectivity index (χ2v) is 11.4. The summed E-state index contributed by atoms with van der Waals surface area (Å²) >= 11 is 0. The molecule has 0 bridgehead atoms. The van der Waals surface area contributed by atoms with Gasteiger partial charge in [-0.25, -0.2) is 0 Å². The van der Waals surface area contributed by atoms with Crippen molar-refractivity contribution in [3.63, 3.8) is 0 Å². The van der Waals surface area contributed by atoms with Crippen molar-refractivity contribution in [3.8, 4) is 0 Å². The number of fused-ring (bicyclic) bond motifs is 5. The van der Waals surface area contributed by atoms with Gasteiger partial charge in [-0.05, 0) is 97.7 Å². The van der Waals surface area contributed by atoms with Gasteiger partial charge in [0.2, 0.25) is 0 Å². The Morgan fingerprint density at radius 3 is 2.45 bits per heavy atom. The van der Waals surface area contributed by atoms with Crippen LogP contribution in [0.5, 0.6) is 0 Å². The van der Waals surface area contributed by atoms with Crippen LogP contribution >= 0.6 is 0 Å². The van der Waals surface area contributed by atoms with Gasteiger partial charge in [0.1, 0.15) is 0 Å². The van der Waals surface area contributed by atoms with Crippen LogP contribution in [0.15, 0.2) is 0 Å². The molecule has 4 fully saturated rings. The van der Waals surface area contributed by atoms with Gasteiger partial charge in [0.15, 0.2) is 0 Å². The number of carboxylic acid groups (broad SMARTS) is 1. The fourth-order valence-corrected chi connectivity index (χ4v) is 8.68. The normalized spacial score (nSPS) is 52.9. The number of hydrogen-bond acceptors (Lipinski definition) is 4. The number of aliphatic hydroxyl groups excluding tert-OH is 3. The maximum absolute atomic E-state index is 11.5. The summed E-state index contributed by atoms with van der Waals surface area (Å²) in [6.45, 7) is 6.72. The summed E-state index contributed by atoms with van der Waals surface area (Å²) in [7, 11) is 0. The summed E-state index contributed by atoms with van der Waals surface area (Å²) in [6, 6.07) is 0. The van der Waals surface area contributed by atoms with Crippen molar-refractivity contribution in [1.29, 1.82) is 0 Å². The molecule has 0 aliphatic heterocycles. The van der Waals surface area contributed by atoms with Crippen molar-refractivity contribution < 1.29 is 25.2 Å². The topological polar surface area (TPSA) is 98.0 Å². The van der Waals surface area contributed by atoms with E-state index in [2.05, 4.69) is 20.8 Å². The number of rotatable bonds is 4. The van der Waals surface area contributed by atoms with Crippen molar-refractivity contribution in [3.05, 3.63) is 0 Å². The summed E-state index contributed by atoms with van der Waals surface area (Å²) in [5.41, 5.74) is -0.143. The molecule has 5 heteroatoms. The predicted molar refractivity (Wildman–Crippen MR) is 110 cm³/mol. The van der Waals surface area contributed by atoms with Crippen LogP contribution in [-0.4, -0.2) is 44.7 Å². The molecule has 4 aliphatic rings. The maximum Gasteiger partial charge on any atom is 0.303 e. The summed E-state index contributed by atoms with van der Waals surface area (Å²) in [4.78, 5) is 11.1. The smallest absolute Gasteiger partial charge is 0.303 e. The van der Waals surface area contributed by atoms with Crippen LogP contribution in [0.25, 0.3) is 0 Å². The highest BCUT2D eigenvalue weighted by Crippen LogP contribution is 2.68. The molecule has 5 nitrogen and oxygen atoms in total. The summed E-state index contributed by atoms with van der Waals surface area (Å²) in [5.74, 6) is 0.997. The molecule has 0 spiro atoms. The van der Waals surface area contributed by atoms with Crippen LogP contribution in [0.1, 0.15) is 78.6 Å². The fraction of sp³-hybridized carbons (Fsp3) is 0.958. The molecule has 0 amide bonds. The van der Waals surface area contributed by atoms with E-state index < -0.39 is 12.1 Å². The third-order valence-corrected chi connectivity index (χ3v) is 10.3. The molecule has 4 N–H and O–H groups in total. The SMILES string of the molecule is C[C@H](CCC(=O)O)C1CC[C@H]2[C@@H]3C(C[C@@H](O)C12C)C1(C)CCC(O)C[C@H]1C[C@@H]3O. The zero-order valence-corrected chi connectivity index (χ0v) is 18.3. The Morgan fingerprint density at radius 2 is 1.76 bits per heavy atom. The van der Waals surface area contributed by atoms with E-state index >= 15 is 0 Å². The Hall–Kier alpha value is -0.650. The van der Waals surface area contributed by atoms with Crippen LogP contribution in [0.3, 0.4) is 0 Å². The summed E-state index contributed by atoms with van der Waals surface area (Å²) < 4.78 is 0. The Balaban J connectivity index is 1.61. The highest BCUT2D eigenvalue weighted by atomic mass is 16.4. The minimum absolute atomic E-state index is 0.0957. The van der Waals surface area contributed by atoms with Crippen LogP contribution in [0.4, 0.5) is 0 Å². The maximum atomic E-state index is 11.5. The number of carboxylic acids is 1. The molecule has 4 aliphatic carbocycles. The molecular weight excluding hydrogens is 368 g/mol. The van der Waals surface area contributed by atoms with Crippen molar-refractivity contribution in [2.24, 2.45) is 46.3 Å². The summed E-state index contributed by atoms with van der Waals surface area (Å²) in [6.07, 6.45) is 6.00. The Kier molecular flexibility index (Phi) is 5.57.